The number of anilines is 2. The largest absolute Gasteiger partial charge is 0.303 e. The molecule has 1 amide bonds. The van der Waals surface area contributed by atoms with Gasteiger partial charge in [-0.05, 0) is 55.9 Å². The smallest absolute Gasteiger partial charge is 0.242 e. The normalized spacial score (nSPS) is 15.0. The number of amides is 1. The van der Waals surface area contributed by atoms with Gasteiger partial charge in [0.1, 0.15) is 0 Å². The van der Waals surface area contributed by atoms with Gasteiger partial charge in [-0.1, -0.05) is 66.4 Å². The molecule has 2 aliphatic rings. The second-order valence-corrected chi connectivity index (χ2v) is 8.95. The number of thioether (sulfide) groups is 1. The SMILES string of the molecule is CCn1c(SCC(=O)N2c3ccccc3CCCc3ccccc32)nnc1C1=CC=CC1. The van der Waals surface area contributed by atoms with Gasteiger partial charge < -0.3 is 4.57 Å². The second kappa shape index (κ2) is 9.17. The van der Waals surface area contributed by atoms with E-state index >= 15 is 0 Å². The zero-order valence-electron chi connectivity index (χ0n) is 18.2. The third-order valence-electron chi connectivity index (χ3n) is 6.02. The number of benzene rings is 2. The van der Waals surface area contributed by atoms with Crippen LogP contribution in [0.5, 0.6) is 0 Å². The predicted molar refractivity (Wildman–Crippen MR) is 130 cm³/mol. The summed E-state index contributed by atoms with van der Waals surface area (Å²) in [5.74, 6) is 1.26. The summed E-state index contributed by atoms with van der Waals surface area (Å²) in [5.41, 5.74) is 5.60. The minimum Gasteiger partial charge on any atom is -0.303 e. The Kier molecular flexibility index (Phi) is 5.95. The summed E-state index contributed by atoms with van der Waals surface area (Å²) in [5, 5.41) is 9.61. The lowest BCUT2D eigenvalue weighted by Crippen LogP contribution is -2.30. The van der Waals surface area contributed by atoms with E-state index in [1.165, 1.54) is 28.5 Å². The summed E-state index contributed by atoms with van der Waals surface area (Å²) >= 11 is 1.46. The van der Waals surface area contributed by atoms with Gasteiger partial charge in [0.15, 0.2) is 11.0 Å². The van der Waals surface area contributed by atoms with Crippen molar-refractivity contribution in [2.75, 3.05) is 10.7 Å². The van der Waals surface area contributed by atoms with E-state index in [4.69, 9.17) is 0 Å². The number of rotatable bonds is 5. The number of aromatic nitrogens is 3. The van der Waals surface area contributed by atoms with Crippen molar-refractivity contribution < 1.29 is 4.79 Å². The predicted octanol–water partition coefficient (Wildman–Crippen LogP) is 5.59. The van der Waals surface area contributed by atoms with Gasteiger partial charge in [-0.2, -0.15) is 0 Å². The van der Waals surface area contributed by atoms with E-state index in [0.717, 1.165) is 54.6 Å². The van der Waals surface area contributed by atoms with Crippen LogP contribution < -0.4 is 4.90 Å². The summed E-state index contributed by atoms with van der Waals surface area (Å²) in [6.45, 7) is 2.86. The molecule has 2 aromatic carbocycles. The lowest BCUT2D eigenvalue weighted by Gasteiger charge is -2.29. The van der Waals surface area contributed by atoms with E-state index in [9.17, 15) is 4.79 Å². The van der Waals surface area contributed by atoms with Crippen molar-refractivity contribution in [1.82, 2.24) is 14.8 Å². The van der Waals surface area contributed by atoms with Crippen molar-refractivity contribution in [1.29, 1.82) is 0 Å². The summed E-state index contributed by atoms with van der Waals surface area (Å²) in [6, 6.07) is 16.5. The number of carbonyl (C=O) groups is 1. The van der Waals surface area contributed by atoms with Crippen LogP contribution >= 0.6 is 11.8 Å². The number of hydrogen-bond acceptors (Lipinski definition) is 4. The first-order chi connectivity index (χ1) is 15.8. The van der Waals surface area contributed by atoms with Crippen LogP contribution in [0.25, 0.3) is 5.57 Å². The molecule has 0 saturated carbocycles. The number of para-hydroxylation sites is 2. The highest BCUT2D eigenvalue weighted by molar-refractivity contribution is 7.99. The highest BCUT2D eigenvalue weighted by Crippen LogP contribution is 2.36. The summed E-state index contributed by atoms with van der Waals surface area (Å²) in [4.78, 5) is 15.6. The molecular formula is C26H26N4OS. The molecule has 162 valence electrons. The Morgan fingerprint density at radius 2 is 1.69 bits per heavy atom. The van der Waals surface area contributed by atoms with Gasteiger partial charge in [0, 0.05) is 12.1 Å². The zero-order chi connectivity index (χ0) is 21.9. The van der Waals surface area contributed by atoms with E-state index in [0.29, 0.717) is 5.75 Å². The molecule has 1 aliphatic carbocycles. The number of aryl methyl sites for hydroxylation is 2. The van der Waals surface area contributed by atoms with Gasteiger partial charge in [0.2, 0.25) is 5.91 Å². The molecule has 0 atom stereocenters. The van der Waals surface area contributed by atoms with Gasteiger partial charge in [0.05, 0.1) is 17.1 Å². The van der Waals surface area contributed by atoms with E-state index in [-0.39, 0.29) is 5.91 Å². The molecule has 1 aromatic heterocycles. The van der Waals surface area contributed by atoms with Crippen LogP contribution in [0.2, 0.25) is 0 Å². The number of hydrogen-bond donors (Lipinski definition) is 0. The fourth-order valence-corrected chi connectivity index (χ4v) is 5.32. The molecule has 0 saturated heterocycles. The monoisotopic (exact) mass is 442 g/mol. The van der Waals surface area contributed by atoms with E-state index in [1.807, 2.05) is 17.0 Å². The van der Waals surface area contributed by atoms with Gasteiger partial charge in [-0.3, -0.25) is 9.69 Å². The Balaban J connectivity index is 1.44. The molecule has 5 rings (SSSR count). The number of allylic oxidation sites excluding steroid dienone is 4. The average molecular weight is 443 g/mol. The van der Waals surface area contributed by atoms with E-state index in [2.05, 4.69) is 76.3 Å². The van der Waals surface area contributed by atoms with Crippen LogP contribution in [0.4, 0.5) is 11.4 Å². The van der Waals surface area contributed by atoms with Crippen LogP contribution in [0, 0.1) is 0 Å². The van der Waals surface area contributed by atoms with Crippen LogP contribution in [0.15, 0.2) is 71.9 Å². The third kappa shape index (κ3) is 3.91. The van der Waals surface area contributed by atoms with Crippen LogP contribution in [0.3, 0.4) is 0 Å². The third-order valence-corrected chi connectivity index (χ3v) is 6.97. The first kappa shape index (κ1) is 20.8. The first-order valence-electron chi connectivity index (χ1n) is 11.2. The first-order valence-corrected chi connectivity index (χ1v) is 12.2. The molecular weight excluding hydrogens is 416 g/mol. The molecule has 3 aromatic rings. The molecule has 0 N–H and O–H groups in total. The maximum absolute atomic E-state index is 13.7. The van der Waals surface area contributed by atoms with Crippen molar-refractivity contribution in [2.45, 2.75) is 44.3 Å². The molecule has 0 spiro atoms. The molecule has 32 heavy (non-hydrogen) atoms. The summed E-state index contributed by atoms with van der Waals surface area (Å²) in [7, 11) is 0. The van der Waals surface area contributed by atoms with E-state index < -0.39 is 0 Å². The van der Waals surface area contributed by atoms with Crippen LogP contribution in [-0.4, -0.2) is 26.4 Å². The van der Waals surface area contributed by atoms with Gasteiger partial charge >= 0.3 is 0 Å². The molecule has 6 heteroatoms. The molecule has 5 nitrogen and oxygen atoms in total. The van der Waals surface area contributed by atoms with Crippen LogP contribution in [-0.2, 0) is 24.2 Å². The maximum atomic E-state index is 13.7. The number of fused-ring (bicyclic) bond motifs is 2. The molecule has 1 aliphatic heterocycles. The standard InChI is InChI=1S/C26H26N4OS/c1-2-29-25(21-12-3-4-13-21)27-28-26(29)32-18-24(31)30-22-16-7-5-10-19(22)14-9-15-20-11-6-8-17-23(20)30/h3-8,10-12,16-17H,2,9,13-15,18H2,1H3. The Labute approximate surface area is 192 Å². The highest BCUT2D eigenvalue weighted by Gasteiger charge is 2.25. The quantitative estimate of drug-likeness (QED) is 0.484. The van der Waals surface area contributed by atoms with Crippen molar-refractivity contribution >= 4 is 34.6 Å². The van der Waals surface area contributed by atoms with Crippen LogP contribution in [0.1, 0.15) is 36.7 Å². The molecule has 0 bridgehead atoms. The van der Waals surface area contributed by atoms with Crippen molar-refractivity contribution in [3.63, 3.8) is 0 Å². The van der Waals surface area contributed by atoms with Gasteiger partial charge in [-0.15, -0.1) is 10.2 Å². The number of carbonyl (C=O) groups excluding carboxylic acids is 1. The molecule has 0 fully saturated rings. The average Bonchev–Trinajstić information content (AvgIpc) is 3.47. The zero-order valence-corrected chi connectivity index (χ0v) is 19.0. The molecule has 0 unspecified atom stereocenters. The summed E-state index contributed by atoms with van der Waals surface area (Å²) < 4.78 is 2.10. The maximum Gasteiger partial charge on any atom is 0.242 e. The number of nitrogens with zero attached hydrogens (tertiary/aromatic N) is 4. The van der Waals surface area contributed by atoms with E-state index in [1.54, 1.807) is 0 Å². The van der Waals surface area contributed by atoms with Crippen molar-refractivity contribution in [3.05, 3.63) is 83.7 Å². The lowest BCUT2D eigenvalue weighted by molar-refractivity contribution is -0.115. The molecule has 0 radical (unpaired) electrons. The minimum absolute atomic E-state index is 0.0609. The Morgan fingerprint density at radius 3 is 2.31 bits per heavy atom. The minimum atomic E-state index is 0.0609. The van der Waals surface area contributed by atoms with Crippen molar-refractivity contribution in [3.8, 4) is 0 Å². The lowest BCUT2D eigenvalue weighted by atomic mass is 9.97. The van der Waals surface area contributed by atoms with Gasteiger partial charge in [-0.25, -0.2) is 0 Å². The summed E-state index contributed by atoms with van der Waals surface area (Å²) in [6.07, 6.45) is 10.2. The highest BCUT2D eigenvalue weighted by atomic mass is 32.2. The Morgan fingerprint density at radius 1 is 1.00 bits per heavy atom. The van der Waals surface area contributed by atoms with Crippen molar-refractivity contribution in [2.24, 2.45) is 0 Å². The molecule has 2 heterocycles. The fourth-order valence-electron chi connectivity index (χ4n) is 4.47. The Hall–Kier alpha value is -3.12. The topological polar surface area (TPSA) is 51.0 Å². The second-order valence-electron chi connectivity index (χ2n) is 8.00. The fraction of sp³-hybridized carbons (Fsp3) is 0.269. The van der Waals surface area contributed by atoms with Gasteiger partial charge in [0.25, 0.3) is 0 Å². The Bertz CT molecular complexity index is 1160.